The number of hydrogen-bond donors (Lipinski definition) is 19. The maximum Gasteiger partial charge on any atom is 0.331 e. The first kappa shape index (κ1) is 85.3. The SMILES string of the molecule is CC[C@H](C)[C@@H]1NC(=O)[C@@H](CCCN=C(N)NC(=O)Nc2cccc(Br)c2)NC(=O)[C@H](CC(C)C)NC(=O)[C@H]([C@H](O)C(C)C)NC(=O)[C@@H](NC(=O)[C@H](CC(C)C)NC(=O)[C@H](N)CC(C)C)[C@@H](c2ccccc2)OC(=O)[C@H](CO)NC(=O)[C@H]([C@H](O)C(N)=O)NC(=O)CNC(=O)[C@H]([C@H](C)O)NC1=O. The van der Waals surface area contributed by atoms with Gasteiger partial charge in [0.25, 0.3) is 0 Å². The lowest BCUT2D eigenvalue weighted by Gasteiger charge is -2.34. The second-order valence-electron chi connectivity index (χ2n) is 26.1. The molecule has 556 valence electrons. The number of cyclic esters (lactones) is 1. The van der Waals surface area contributed by atoms with Crippen LogP contribution in [0.15, 0.2) is 64.1 Å². The van der Waals surface area contributed by atoms with E-state index in [-0.39, 0.29) is 68.4 Å². The number of aliphatic imine (C=N–C) groups is 1. The van der Waals surface area contributed by atoms with Crippen LogP contribution in [0.2, 0.25) is 0 Å². The van der Waals surface area contributed by atoms with Crippen molar-refractivity contribution in [2.24, 2.45) is 51.8 Å². The van der Waals surface area contributed by atoms with Gasteiger partial charge in [0.1, 0.15) is 48.3 Å². The molecule has 0 bridgehead atoms. The Kier molecular flexibility index (Phi) is 35.5. The fourth-order valence-electron chi connectivity index (χ4n) is 10.1. The summed E-state index contributed by atoms with van der Waals surface area (Å²) in [6.07, 6.45) is -8.46. The minimum atomic E-state index is -2.59. The van der Waals surface area contributed by atoms with E-state index in [0.717, 1.165) is 6.92 Å². The summed E-state index contributed by atoms with van der Waals surface area (Å²) in [5.74, 6) is -17.7. The summed E-state index contributed by atoms with van der Waals surface area (Å²) in [6, 6.07) is -5.24. The van der Waals surface area contributed by atoms with Crippen molar-refractivity contribution in [1.82, 2.24) is 58.5 Å². The van der Waals surface area contributed by atoms with Gasteiger partial charge >= 0.3 is 12.0 Å². The molecular formula is C65H101BrN16O18. The van der Waals surface area contributed by atoms with Gasteiger partial charge in [-0.15, -0.1) is 0 Å². The molecule has 1 fully saturated rings. The van der Waals surface area contributed by atoms with Crippen LogP contribution >= 0.6 is 15.9 Å². The van der Waals surface area contributed by atoms with E-state index in [2.05, 4.69) is 74.1 Å². The van der Waals surface area contributed by atoms with Gasteiger partial charge in [0.2, 0.25) is 65.0 Å². The normalized spacial score (nSPS) is 23.6. The highest BCUT2D eigenvalue weighted by Gasteiger charge is 2.44. The third-order valence-electron chi connectivity index (χ3n) is 15.8. The number of carbonyl (C=O) groups is 13. The number of nitrogens with one attached hydrogen (secondary N) is 12. The van der Waals surface area contributed by atoms with Crippen molar-refractivity contribution in [3.05, 3.63) is 64.6 Å². The predicted octanol–water partition coefficient (Wildman–Crippen LogP) is -2.81. The number of halogens is 1. The Morgan fingerprint density at radius 3 is 1.81 bits per heavy atom. The molecule has 2 aromatic carbocycles. The van der Waals surface area contributed by atoms with E-state index in [1.54, 1.807) is 65.8 Å². The van der Waals surface area contributed by atoms with Gasteiger partial charge in [-0.2, -0.15) is 0 Å². The Morgan fingerprint density at radius 2 is 1.24 bits per heavy atom. The number of esters is 1. The zero-order valence-corrected chi connectivity index (χ0v) is 59.7. The number of guanidine groups is 1. The van der Waals surface area contributed by atoms with E-state index >= 15 is 9.59 Å². The third kappa shape index (κ3) is 28.0. The summed E-state index contributed by atoms with van der Waals surface area (Å²) in [4.78, 5) is 188. The number of rotatable bonds is 24. The number of carbonyl (C=O) groups excluding carboxylic acids is 13. The zero-order valence-electron chi connectivity index (χ0n) is 58.1. The predicted molar refractivity (Wildman–Crippen MR) is 368 cm³/mol. The molecule has 1 heterocycles. The highest BCUT2D eigenvalue weighted by atomic mass is 79.9. The number of aliphatic hydroxyl groups excluding tert-OH is 4. The highest BCUT2D eigenvalue weighted by molar-refractivity contribution is 9.10. The number of ether oxygens (including phenoxy) is 1. The van der Waals surface area contributed by atoms with Crippen LogP contribution in [0.25, 0.3) is 0 Å². The monoisotopic (exact) mass is 1470 g/mol. The number of nitrogens with zero attached hydrogens (tertiary/aromatic N) is 1. The molecule has 1 aliphatic rings. The van der Waals surface area contributed by atoms with E-state index < -0.39 is 193 Å². The number of benzene rings is 2. The molecule has 0 radical (unpaired) electrons. The average molecular weight is 1470 g/mol. The molecule has 34 nitrogen and oxygen atoms in total. The topological polar surface area (TPSA) is 547 Å². The first-order chi connectivity index (χ1) is 46.9. The van der Waals surface area contributed by atoms with Gasteiger partial charge in [0, 0.05) is 16.7 Å². The molecule has 13 amide bonds. The molecule has 22 N–H and O–H groups in total. The largest absolute Gasteiger partial charge is 0.453 e. The minimum absolute atomic E-state index is 0.0667. The Hall–Kier alpha value is -8.90. The van der Waals surface area contributed by atoms with Gasteiger partial charge < -0.3 is 101 Å². The van der Waals surface area contributed by atoms with Gasteiger partial charge in [0.15, 0.2) is 24.2 Å². The lowest BCUT2D eigenvalue weighted by Crippen LogP contribution is -2.64. The number of primary amides is 1. The van der Waals surface area contributed by atoms with E-state index in [1.165, 1.54) is 44.2 Å². The van der Waals surface area contributed by atoms with E-state index in [9.17, 15) is 73.2 Å². The van der Waals surface area contributed by atoms with Crippen LogP contribution in [-0.2, 0) is 62.3 Å². The fourth-order valence-corrected chi connectivity index (χ4v) is 10.5. The molecule has 1 aliphatic heterocycles. The Labute approximate surface area is 589 Å². The smallest absolute Gasteiger partial charge is 0.331 e. The molecule has 0 unspecified atom stereocenters. The number of nitrogens with two attached hydrogens (primary N) is 3. The van der Waals surface area contributed by atoms with Crippen LogP contribution in [0.1, 0.15) is 126 Å². The third-order valence-corrected chi connectivity index (χ3v) is 16.3. The van der Waals surface area contributed by atoms with E-state index in [1.807, 2.05) is 24.5 Å². The average Bonchev–Trinajstić information content (AvgIpc) is 0.812. The Balaban J connectivity index is 2.39. The van der Waals surface area contributed by atoms with Crippen molar-refractivity contribution in [3.8, 4) is 0 Å². The molecule has 35 heteroatoms. The maximum atomic E-state index is 15.5. The summed E-state index contributed by atoms with van der Waals surface area (Å²) < 4.78 is 6.62. The van der Waals surface area contributed by atoms with Gasteiger partial charge in [-0.05, 0) is 92.4 Å². The number of anilines is 1. The molecule has 3 rings (SSSR count). The van der Waals surface area contributed by atoms with Crippen molar-refractivity contribution in [1.29, 1.82) is 0 Å². The van der Waals surface area contributed by atoms with Crippen LogP contribution in [0.5, 0.6) is 0 Å². The number of amides is 13. The summed E-state index contributed by atoms with van der Waals surface area (Å²) >= 11 is 3.32. The first-order valence-electron chi connectivity index (χ1n) is 33.0. The van der Waals surface area contributed by atoms with Crippen molar-refractivity contribution < 1.29 is 87.5 Å². The number of hydrogen-bond acceptors (Lipinski definition) is 20. The molecule has 15 atom stereocenters. The van der Waals surface area contributed by atoms with Gasteiger partial charge in [-0.25, -0.2) is 9.59 Å². The van der Waals surface area contributed by atoms with Gasteiger partial charge in [-0.1, -0.05) is 128 Å². The van der Waals surface area contributed by atoms with Crippen LogP contribution < -0.4 is 81.0 Å². The van der Waals surface area contributed by atoms with E-state index in [0.29, 0.717) is 10.2 Å². The fraction of sp³-hybridized carbons (Fsp3) is 0.600. The molecule has 1 saturated heterocycles. The lowest BCUT2D eigenvalue weighted by atomic mass is 9.95. The molecule has 0 saturated carbocycles. The van der Waals surface area contributed by atoms with Gasteiger partial charge in [0.05, 0.1) is 31.4 Å². The minimum Gasteiger partial charge on any atom is -0.453 e. The van der Waals surface area contributed by atoms with Crippen molar-refractivity contribution in [3.63, 3.8) is 0 Å². The summed E-state index contributed by atoms with van der Waals surface area (Å²) in [5, 5.41) is 73.4. The molecule has 0 spiro atoms. The number of urea groups is 1. The van der Waals surface area contributed by atoms with Gasteiger partial charge in [-0.3, -0.25) is 63.0 Å². The second kappa shape index (κ2) is 41.6. The second-order valence-corrected chi connectivity index (χ2v) is 27.0. The Morgan fingerprint density at radius 1 is 0.660 bits per heavy atom. The molecule has 0 aliphatic carbocycles. The van der Waals surface area contributed by atoms with Crippen LogP contribution in [0, 0.1) is 29.6 Å². The molecule has 100 heavy (non-hydrogen) atoms. The number of aliphatic hydroxyl groups is 4. The van der Waals surface area contributed by atoms with Crippen LogP contribution in [0.4, 0.5) is 10.5 Å². The summed E-state index contributed by atoms with van der Waals surface area (Å²) in [5.41, 5.74) is 18.0. The zero-order chi connectivity index (χ0) is 75.4. The first-order valence-corrected chi connectivity index (χ1v) is 33.8. The molecule has 0 aromatic heterocycles. The summed E-state index contributed by atoms with van der Waals surface area (Å²) in [7, 11) is 0. The van der Waals surface area contributed by atoms with Crippen molar-refractivity contribution >= 4 is 105 Å². The van der Waals surface area contributed by atoms with Crippen molar-refractivity contribution in [2.45, 2.75) is 200 Å². The standard InChI is InChI=1S/C65H101BrN16O18/c1-12-34(10)45-59(94)79-46(35(11)84)58(93)71-28-44(85)77-48(51(87)53(68)88)61(96)76-43(29-83)63(98)100-52(36-18-14-13-15-19-36)49(81-57(92)42(26-32(6)7)74-54(89)39(67)24-30(2)3)62(97)80-47(50(86)33(8)9)60(95)75-41(25-31(4)5)56(91)73-40(55(90)78-45)22-17-23-70-64(69)82-65(99)72-38-21-16-20-37(66)27-38/h13-16,18-21,27,30-35,39-43,45-52,83-84,86-87H,12,17,22-26,28-29,67H2,1-11H3,(H2,68,88)(H,71,93)(H,73,91)(H,74,89)(H,75,95)(H,76,96)(H,77,85)(H,78,90)(H,79,94)(H,80,97)(H,81,92)(H4,69,70,72,82,99)/t34-,35-,39+,40+,41-,42-,43-,45-,46-,47-,48-,49-,50+,51-,52+/m0/s1. The molecular weight excluding hydrogens is 1370 g/mol. The highest BCUT2D eigenvalue weighted by Crippen LogP contribution is 2.25. The maximum absolute atomic E-state index is 15.5. The Bertz CT molecular complexity index is 3180. The van der Waals surface area contributed by atoms with Crippen LogP contribution in [0.3, 0.4) is 0 Å². The van der Waals surface area contributed by atoms with Crippen LogP contribution in [-0.4, -0.2) is 202 Å². The summed E-state index contributed by atoms with van der Waals surface area (Å²) in [6.45, 7) is 15.1. The molecule has 2 aromatic rings. The van der Waals surface area contributed by atoms with E-state index in [4.69, 9.17) is 21.9 Å². The quantitative estimate of drug-likeness (QED) is 0.0218. The lowest BCUT2D eigenvalue weighted by molar-refractivity contribution is -0.159. The van der Waals surface area contributed by atoms with Crippen molar-refractivity contribution in [2.75, 3.05) is 25.0 Å².